The molecule has 0 aliphatic carbocycles. The van der Waals surface area contributed by atoms with Gasteiger partial charge in [-0.2, -0.15) is 0 Å². The van der Waals surface area contributed by atoms with Gasteiger partial charge < -0.3 is 28.8 Å². The maximum Gasteiger partial charge on any atom is 0.341 e. The topological polar surface area (TPSA) is 115 Å². The summed E-state index contributed by atoms with van der Waals surface area (Å²) >= 11 is 0. The van der Waals surface area contributed by atoms with Gasteiger partial charge in [-0.3, -0.25) is 0 Å². The lowest BCUT2D eigenvalue weighted by Gasteiger charge is -2.33. The summed E-state index contributed by atoms with van der Waals surface area (Å²) in [7, 11) is 1.24. The molecule has 8 nitrogen and oxygen atoms in total. The van der Waals surface area contributed by atoms with Crippen LogP contribution >= 0.6 is 0 Å². The van der Waals surface area contributed by atoms with Gasteiger partial charge in [0.05, 0.1) is 19.8 Å². The Bertz CT molecular complexity index is 871. The molecule has 1 unspecified atom stereocenters. The van der Waals surface area contributed by atoms with Crippen molar-refractivity contribution < 1.29 is 33.6 Å². The Kier molecular flexibility index (Phi) is 5.26. The van der Waals surface area contributed by atoms with E-state index in [1.165, 1.54) is 25.3 Å². The molecule has 2 N–H and O–H groups in total. The van der Waals surface area contributed by atoms with Gasteiger partial charge in [0.2, 0.25) is 6.29 Å². The Morgan fingerprint density at radius 1 is 1.31 bits per heavy atom. The number of aryl methyl sites for hydroxylation is 1. The molecule has 0 spiro atoms. The molecule has 1 aromatic heterocycles. The molecule has 0 amide bonds. The minimum atomic E-state index is -1.07. The Morgan fingerprint density at radius 2 is 2.08 bits per heavy atom. The molecule has 1 aromatic carbocycles. The second-order valence-electron chi connectivity index (χ2n) is 6.16. The third-order valence-corrected chi connectivity index (χ3v) is 4.33. The molecule has 0 bridgehead atoms. The zero-order valence-electron chi connectivity index (χ0n) is 14.4. The zero-order chi connectivity index (χ0) is 18.8. The van der Waals surface area contributed by atoms with Gasteiger partial charge in [0.15, 0.2) is 0 Å². The van der Waals surface area contributed by atoms with Crippen LogP contribution in [0, 0.1) is 6.92 Å². The van der Waals surface area contributed by atoms with Crippen molar-refractivity contribution in [3.8, 4) is 5.75 Å². The smallest absolute Gasteiger partial charge is 0.341 e. The monoisotopic (exact) mass is 364 g/mol. The van der Waals surface area contributed by atoms with Gasteiger partial charge in [-0.25, -0.2) is 9.59 Å². The first-order valence-electron chi connectivity index (χ1n) is 8.20. The lowest BCUT2D eigenvalue weighted by Crippen LogP contribution is -2.43. The van der Waals surface area contributed by atoms with Crippen LogP contribution in [0.5, 0.6) is 5.75 Å². The average Bonchev–Trinajstić information content (AvgIpc) is 2.62. The Hall–Kier alpha value is -2.42. The molecule has 140 valence electrons. The number of aliphatic hydroxyl groups excluding tert-OH is 2. The average molecular weight is 364 g/mol. The van der Waals surface area contributed by atoms with Gasteiger partial charge in [0.1, 0.15) is 23.0 Å². The number of carbonyl (C=O) groups is 1. The molecule has 1 aliphatic rings. The molecule has 3 atom stereocenters. The van der Waals surface area contributed by atoms with Gasteiger partial charge in [0, 0.05) is 17.5 Å². The third-order valence-electron chi connectivity index (χ3n) is 4.33. The Balaban J connectivity index is 2.05. The number of carbonyl (C=O) groups excluding carboxylic acids is 1. The molecule has 3 rings (SSSR count). The summed E-state index contributed by atoms with van der Waals surface area (Å²) in [5.74, 6) is -0.586. The van der Waals surface area contributed by atoms with Gasteiger partial charge in [-0.1, -0.05) is 0 Å². The lowest BCUT2D eigenvalue weighted by molar-refractivity contribution is -0.208. The summed E-state index contributed by atoms with van der Waals surface area (Å²) < 4.78 is 21.2. The highest BCUT2D eigenvalue weighted by Crippen LogP contribution is 2.31. The first-order valence-corrected chi connectivity index (χ1v) is 8.20. The molecule has 26 heavy (non-hydrogen) atoms. The van der Waals surface area contributed by atoms with Gasteiger partial charge in [-0.05, 0) is 31.4 Å². The molecule has 0 radical (unpaired) electrons. The minimum Gasteiger partial charge on any atom is -0.465 e. The maximum atomic E-state index is 12.2. The van der Waals surface area contributed by atoms with Crippen LogP contribution in [0.15, 0.2) is 27.4 Å². The van der Waals surface area contributed by atoms with E-state index in [0.29, 0.717) is 23.8 Å². The van der Waals surface area contributed by atoms with Crippen LogP contribution in [0.4, 0.5) is 0 Å². The van der Waals surface area contributed by atoms with Crippen molar-refractivity contribution in [1.29, 1.82) is 0 Å². The number of aliphatic hydroxyl groups is 2. The standard InChI is InChI=1S/C18H20O8/c1-9-5-16(21)25-14-7-15(12(6-11(9)14)17(22)23-2)26-18-13(20)4-3-10(8-19)24-18/h5-7,10,13,18-20H,3-4,8H2,1-2H3/t10-,13?,18-/m0/s1. The van der Waals surface area contributed by atoms with E-state index < -0.39 is 30.1 Å². The summed E-state index contributed by atoms with van der Waals surface area (Å²) in [5.41, 5.74) is 0.462. The summed E-state index contributed by atoms with van der Waals surface area (Å²) in [6, 6.07) is 4.23. The van der Waals surface area contributed by atoms with Crippen molar-refractivity contribution >= 4 is 16.9 Å². The summed E-state index contributed by atoms with van der Waals surface area (Å²) in [6.45, 7) is 1.52. The third kappa shape index (κ3) is 3.57. The highest BCUT2D eigenvalue weighted by atomic mass is 16.7. The lowest BCUT2D eigenvalue weighted by atomic mass is 10.1. The van der Waals surface area contributed by atoms with Crippen molar-refractivity contribution in [2.75, 3.05) is 13.7 Å². The van der Waals surface area contributed by atoms with Crippen LogP contribution in [0.1, 0.15) is 28.8 Å². The van der Waals surface area contributed by atoms with Crippen LogP contribution in [-0.2, 0) is 9.47 Å². The number of methoxy groups -OCH3 is 1. The van der Waals surface area contributed by atoms with Crippen molar-refractivity contribution in [2.45, 2.75) is 38.3 Å². The molecule has 1 fully saturated rings. The van der Waals surface area contributed by atoms with Crippen LogP contribution in [0.25, 0.3) is 11.0 Å². The fourth-order valence-electron chi connectivity index (χ4n) is 2.92. The molecule has 2 heterocycles. The SMILES string of the molecule is COC(=O)c1cc2c(C)cc(=O)oc2cc1O[C@@H]1O[C@H](CO)CCC1O. The number of ether oxygens (including phenoxy) is 3. The number of esters is 1. The van der Waals surface area contributed by atoms with Crippen molar-refractivity contribution in [2.24, 2.45) is 0 Å². The predicted molar refractivity (Wildman–Crippen MR) is 90.2 cm³/mol. The van der Waals surface area contributed by atoms with Gasteiger partial charge in [0.25, 0.3) is 0 Å². The fourth-order valence-corrected chi connectivity index (χ4v) is 2.92. The normalized spacial score (nSPS) is 23.0. The maximum absolute atomic E-state index is 12.2. The number of benzene rings is 1. The summed E-state index contributed by atoms with van der Waals surface area (Å²) in [6.07, 6.45) is -1.59. The molecule has 8 heteroatoms. The molecule has 0 saturated carbocycles. The highest BCUT2D eigenvalue weighted by molar-refractivity contribution is 5.98. The van der Waals surface area contributed by atoms with Gasteiger partial charge in [-0.15, -0.1) is 0 Å². The van der Waals surface area contributed by atoms with Crippen LogP contribution < -0.4 is 10.4 Å². The van der Waals surface area contributed by atoms with Crippen LogP contribution in [0.2, 0.25) is 0 Å². The quantitative estimate of drug-likeness (QED) is 0.613. The number of fused-ring (bicyclic) bond motifs is 1. The van der Waals surface area contributed by atoms with E-state index in [2.05, 4.69) is 0 Å². The van der Waals surface area contributed by atoms with E-state index in [1.807, 2.05) is 0 Å². The first-order chi connectivity index (χ1) is 12.4. The van der Waals surface area contributed by atoms with E-state index in [9.17, 15) is 19.8 Å². The van der Waals surface area contributed by atoms with Crippen molar-refractivity contribution in [3.05, 3.63) is 39.7 Å². The van der Waals surface area contributed by atoms with Crippen LogP contribution in [0.3, 0.4) is 0 Å². The summed E-state index contributed by atoms with van der Waals surface area (Å²) in [5, 5.41) is 19.9. The molecule has 1 saturated heterocycles. The Morgan fingerprint density at radius 3 is 2.77 bits per heavy atom. The van der Waals surface area contributed by atoms with E-state index in [0.717, 1.165) is 0 Å². The van der Waals surface area contributed by atoms with E-state index in [1.54, 1.807) is 6.92 Å². The second kappa shape index (κ2) is 7.45. The van der Waals surface area contributed by atoms with E-state index in [-0.39, 0.29) is 23.5 Å². The Labute approximate surface area is 148 Å². The van der Waals surface area contributed by atoms with Crippen molar-refractivity contribution in [1.82, 2.24) is 0 Å². The predicted octanol–water partition coefficient (Wildman–Crippen LogP) is 1.13. The van der Waals surface area contributed by atoms with Crippen molar-refractivity contribution in [3.63, 3.8) is 0 Å². The summed E-state index contributed by atoms with van der Waals surface area (Å²) in [4.78, 5) is 23.8. The zero-order valence-corrected chi connectivity index (χ0v) is 14.4. The molecular weight excluding hydrogens is 344 g/mol. The molecule has 2 aromatic rings. The second-order valence-corrected chi connectivity index (χ2v) is 6.16. The number of hydrogen-bond acceptors (Lipinski definition) is 8. The number of rotatable bonds is 4. The molecule has 1 aliphatic heterocycles. The van der Waals surface area contributed by atoms with Crippen LogP contribution in [-0.4, -0.2) is 48.4 Å². The highest BCUT2D eigenvalue weighted by Gasteiger charge is 2.32. The molecular formula is C18H20O8. The minimum absolute atomic E-state index is 0.0562. The number of hydrogen-bond donors (Lipinski definition) is 2. The first kappa shape index (κ1) is 18.4. The van der Waals surface area contributed by atoms with E-state index >= 15 is 0 Å². The fraction of sp³-hybridized carbons (Fsp3) is 0.444. The van der Waals surface area contributed by atoms with E-state index in [4.69, 9.17) is 18.6 Å². The largest absolute Gasteiger partial charge is 0.465 e. The van der Waals surface area contributed by atoms with Gasteiger partial charge >= 0.3 is 11.6 Å².